The van der Waals surface area contributed by atoms with E-state index < -0.39 is 5.97 Å². The molecule has 0 saturated carbocycles. The molecule has 0 bridgehead atoms. The van der Waals surface area contributed by atoms with E-state index in [-0.39, 0.29) is 5.56 Å². The fourth-order valence-electron chi connectivity index (χ4n) is 1.78. The molecule has 7 heteroatoms. The molecular formula is C13H10N4O2S. The highest BCUT2D eigenvalue weighted by Crippen LogP contribution is 2.29. The molecule has 3 aromatic rings. The summed E-state index contributed by atoms with van der Waals surface area (Å²) in [5.41, 5.74) is 0.916. The fourth-order valence-corrected chi connectivity index (χ4v) is 2.63. The quantitative estimate of drug-likeness (QED) is 0.795. The van der Waals surface area contributed by atoms with Crippen LogP contribution in [0.15, 0.2) is 46.8 Å². The van der Waals surface area contributed by atoms with Gasteiger partial charge in [0, 0.05) is 12.4 Å². The van der Waals surface area contributed by atoms with Gasteiger partial charge in [-0.2, -0.15) is 0 Å². The Bertz CT molecular complexity index is 800. The Morgan fingerprint density at radius 3 is 2.85 bits per heavy atom. The molecule has 0 radical (unpaired) electrons. The third kappa shape index (κ3) is 2.23. The normalized spacial score (nSPS) is 10.8. The fraction of sp³-hybridized carbons (Fsp3) is 0.0769. The van der Waals surface area contributed by atoms with Gasteiger partial charge in [-0.25, -0.2) is 9.78 Å². The number of hydrogen-bond acceptors (Lipinski definition) is 5. The molecule has 3 rings (SSSR count). The Hall–Kier alpha value is -2.41. The number of carboxylic acid groups (broad SMARTS) is 1. The molecular weight excluding hydrogens is 276 g/mol. The number of para-hydroxylation sites is 1. The lowest BCUT2D eigenvalue weighted by Gasteiger charge is -2.06. The molecule has 2 heterocycles. The minimum atomic E-state index is -1.01. The van der Waals surface area contributed by atoms with E-state index in [2.05, 4.69) is 15.2 Å². The summed E-state index contributed by atoms with van der Waals surface area (Å²) < 4.78 is 1.72. The summed E-state index contributed by atoms with van der Waals surface area (Å²) in [4.78, 5) is 15.8. The van der Waals surface area contributed by atoms with Crippen molar-refractivity contribution in [1.29, 1.82) is 0 Å². The van der Waals surface area contributed by atoms with E-state index in [1.165, 1.54) is 11.8 Å². The Kier molecular flexibility index (Phi) is 3.11. The van der Waals surface area contributed by atoms with Crippen LogP contribution in [0.3, 0.4) is 0 Å². The molecule has 0 spiro atoms. The van der Waals surface area contributed by atoms with Gasteiger partial charge < -0.3 is 9.67 Å². The van der Waals surface area contributed by atoms with Crippen molar-refractivity contribution in [2.75, 3.05) is 0 Å². The monoisotopic (exact) mass is 286 g/mol. The average Bonchev–Trinajstić information content (AvgIpc) is 2.83. The maximum absolute atomic E-state index is 11.4. The summed E-state index contributed by atoms with van der Waals surface area (Å²) >= 11 is 1.19. The van der Waals surface area contributed by atoms with Crippen molar-refractivity contribution in [3.63, 3.8) is 0 Å². The van der Waals surface area contributed by atoms with Crippen LogP contribution in [0, 0.1) is 0 Å². The van der Waals surface area contributed by atoms with Crippen LogP contribution in [0.4, 0.5) is 0 Å². The van der Waals surface area contributed by atoms with Crippen LogP contribution < -0.4 is 0 Å². The van der Waals surface area contributed by atoms with Gasteiger partial charge in [0.2, 0.25) is 0 Å². The number of aryl methyl sites for hydroxylation is 1. The highest BCUT2D eigenvalue weighted by Gasteiger charge is 2.16. The van der Waals surface area contributed by atoms with Gasteiger partial charge in [-0.3, -0.25) is 0 Å². The molecule has 0 atom stereocenters. The maximum Gasteiger partial charge on any atom is 0.338 e. The summed E-state index contributed by atoms with van der Waals surface area (Å²) in [6.45, 7) is 0. The second-order valence-corrected chi connectivity index (χ2v) is 5.12. The van der Waals surface area contributed by atoms with Crippen LogP contribution in [-0.2, 0) is 7.05 Å². The second kappa shape index (κ2) is 4.93. The van der Waals surface area contributed by atoms with Crippen LogP contribution in [-0.4, -0.2) is 30.8 Å². The molecule has 0 aliphatic carbocycles. The topological polar surface area (TPSA) is 80.9 Å². The van der Waals surface area contributed by atoms with E-state index in [9.17, 15) is 9.90 Å². The molecule has 20 heavy (non-hydrogen) atoms. The standard InChI is InChI=1S/C13H10N4O2S/c1-17-7-14-16-13(17)20-11-9(12(18)19)6-8-4-2-3-5-10(8)15-11/h2-7H,1H3,(H,18,19). The Labute approximate surface area is 118 Å². The highest BCUT2D eigenvalue weighted by atomic mass is 32.2. The van der Waals surface area contributed by atoms with Crippen molar-refractivity contribution in [1.82, 2.24) is 19.7 Å². The van der Waals surface area contributed by atoms with Gasteiger partial charge in [0.05, 0.1) is 11.1 Å². The smallest absolute Gasteiger partial charge is 0.338 e. The van der Waals surface area contributed by atoms with Crippen LogP contribution in [0.25, 0.3) is 10.9 Å². The number of aromatic nitrogens is 4. The molecule has 1 aromatic carbocycles. The van der Waals surface area contributed by atoms with Gasteiger partial charge in [0.1, 0.15) is 11.4 Å². The zero-order chi connectivity index (χ0) is 14.1. The van der Waals surface area contributed by atoms with Gasteiger partial charge in [-0.15, -0.1) is 10.2 Å². The first-order chi connectivity index (χ1) is 9.65. The summed E-state index contributed by atoms with van der Waals surface area (Å²) in [7, 11) is 1.80. The van der Waals surface area contributed by atoms with E-state index in [0.717, 1.165) is 10.9 Å². The largest absolute Gasteiger partial charge is 0.478 e. The lowest BCUT2D eigenvalue weighted by molar-refractivity contribution is 0.0692. The molecule has 6 nitrogen and oxygen atoms in total. The SMILES string of the molecule is Cn1cnnc1Sc1nc2ccccc2cc1C(=O)O. The number of nitrogens with zero attached hydrogens (tertiary/aromatic N) is 4. The molecule has 0 amide bonds. The summed E-state index contributed by atoms with van der Waals surface area (Å²) in [6.07, 6.45) is 1.56. The molecule has 0 saturated heterocycles. The first kappa shape index (κ1) is 12.6. The lowest BCUT2D eigenvalue weighted by Crippen LogP contribution is -2.02. The van der Waals surface area contributed by atoms with E-state index in [1.54, 1.807) is 24.0 Å². The number of fused-ring (bicyclic) bond motifs is 1. The zero-order valence-electron chi connectivity index (χ0n) is 10.5. The lowest BCUT2D eigenvalue weighted by atomic mass is 10.1. The molecule has 0 fully saturated rings. The number of benzene rings is 1. The predicted molar refractivity (Wildman–Crippen MR) is 73.8 cm³/mol. The van der Waals surface area contributed by atoms with E-state index >= 15 is 0 Å². The Morgan fingerprint density at radius 2 is 2.15 bits per heavy atom. The van der Waals surface area contributed by atoms with Gasteiger partial charge in [0.15, 0.2) is 5.16 Å². The molecule has 0 aliphatic heterocycles. The van der Waals surface area contributed by atoms with Crippen molar-refractivity contribution >= 4 is 28.6 Å². The Morgan fingerprint density at radius 1 is 1.35 bits per heavy atom. The van der Waals surface area contributed by atoms with Crippen LogP contribution in [0.1, 0.15) is 10.4 Å². The maximum atomic E-state index is 11.4. The third-order valence-electron chi connectivity index (χ3n) is 2.78. The Balaban J connectivity index is 2.14. The molecule has 1 N–H and O–H groups in total. The highest BCUT2D eigenvalue weighted by molar-refractivity contribution is 7.99. The molecule has 0 unspecified atom stereocenters. The summed E-state index contributed by atoms with van der Waals surface area (Å²) in [5, 5.41) is 18.8. The van der Waals surface area contributed by atoms with Gasteiger partial charge in [0.25, 0.3) is 0 Å². The van der Waals surface area contributed by atoms with Crippen molar-refractivity contribution < 1.29 is 9.90 Å². The van der Waals surface area contributed by atoms with Crippen LogP contribution in [0.5, 0.6) is 0 Å². The van der Waals surface area contributed by atoms with E-state index in [4.69, 9.17) is 0 Å². The first-order valence-electron chi connectivity index (χ1n) is 5.80. The second-order valence-electron chi connectivity index (χ2n) is 4.17. The number of carbonyl (C=O) groups is 1. The number of aromatic carboxylic acids is 1. The van der Waals surface area contributed by atoms with Gasteiger partial charge in [-0.1, -0.05) is 18.2 Å². The molecule has 2 aromatic heterocycles. The van der Waals surface area contributed by atoms with E-state index in [1.807, 2.05) is 24.3 Å². The van der Waals surface area contributed by atoms with E-state index in [0.29, 0.717) is 10.2 Å². The molecule has 100 valence electrons. The first-order valence-corrected chi connectivity index (χ1v) is 6.62. The van der Waals surface area contributed by atoms with Gasteiger partial charge >= 0.3 is 5.97 Å². The minimum Gasteiger partial charge on any atom is -0.478 e. The number of pyridine rings is 1. The van der Waals surface area contributed by atoms with Crippen molar-refractivity contribution in [3.8, 4) is 0 Å². The number of rotatable bonds is 3. The molecule has 0 aliphatic rings. The van der Waals surface area contributed by atoms with Crippen LogP contribution in [0.2, 0.25) is 0 Å². The van der Waals surface area contributed by atoms with Crippen molar-refractivity contribution in [2.24, 2.45) is 7.05 Å². The predicted octanol–water partition coefficient (Wildman–Crippen LogP) is 2.21. The zero-order valence-corrected chi connectivity index (χ0v) is 11.3. The third-order valence-corrected chi connectivity index (χ3v) is 3.83. The number of carboxylic acids is 1. The van der Waals surface area contributed by atoms with Gasteiger partial charge in [-0.05, 0) is 23.9 Å². The average molecular weight is 286 g/mol. The summed E-state index contributed by atoms with van der Waals surface area (Å²) in [5.74, 6) is -1.01. The van der Waals surface area contributed by atoms with Crippen molar-refractivity contribution in [3.05, 3.63) is 42.2 Å². The number of hydrogen-bond donors (Lipinski definition) is 1. The van der Waals surface area contributed by atoms with Crippen LogP contribution >= 0.6 is 11.8 Å². The minimum absolute atomic E-state index is 0.164. The van der Waals surface area contributed by atoms with Crippen molar-refractivity contribution in [2.45, 2.75) is 10.2 Å². The summed E-state index contributed by atoms with van der Waals surface area (Å²) in [6, 6.07) is 9.04.